The first-order valence-electron chi connectivity index (χ1n) is 10.0. The van der Waals surface area contributed by atoms with E-state index in [0.717, 1.165) is 11.3 Å². The van der Waals surface area contributed by atoms with Crippen LogP contribution >= 0.6 is 0 Å². The predicted octanol–water partition coefficient (Wildman–Crippen LogP) is 3.48. The Labute approximate surface area is 184 Å². The number of halogens is 3. The minimum Gasteiger partial charge on any atom is -0.360 e. The summed E-state index contributed by atoms with van der Waals surface area (Å²) in [5, 5.41) is 0. The van der Waals surface area contributed by atoms with Crippen molar-refractivity contribution in [3.05, 3.63) is 78.1 Å². The number of pyridine rings is 1. The van der Waals surface area contributed by atoms with Crippen molar-refractivity contribution in [3.8, 4) is 0 Å². The first-order chi connectivity index (χ1) is 15.3. The standard InChI is InChI=1S/C21H22F3N5O2S/c22-21(23,24)32(30,31)28-13-18(9-8-16-5-2-1-3-6-16)29(12-17-11-25-15-27-17)20-7-4-10-26-19(20)14-28/h1-7,10-11,15,18H,8-9,12-14H2,(H,25,27). The largest absolute Gasteiger partial charge is 0.511 e. The van der Waals surface area contributed by atoms with Crippen LogP contribution in [-0.2, 0) is 29.5 Å². The molecule has 170 valence electrons. The third-order valence-electron chi connectivity index (χ3n) is 5.49. The summed E-state index contributed by atoms with van der Waals surface area (Å²) < 4.78 is 65.5. The van der Waals surface area contributed by atoms with E-state index in [1.54, 1.807) is 18.3 Å². The third-order valence-corrected chi connectivity index (χ3v) is 7.04. The number of rotatable bonds is 6. The maximum atomic E-state index is 13.4. The van der Waals surface area contributed by atoms with Crippen molar-refractivity contribution in [2.24, 2.45) is 0 Å². The molecule has 1 N–H and O–H groups in total. The number of sulfonamides is 1. The number of alkyl halides is 3. The summed E-state index contributed by atoms with van der Waals surface area (Å²) >= 11 is 0. The average Bonchev–Trinajstić information content (AvgIpc) is 3.22. The second kappa shape index (κ2) is 8.91. The molecule has 2 aromatic heterocycles. The number of nitrogens with zero attached hydrogens (tertiary/aromatic N) is 4. The molecule has 0 saturated carbocycles. The highest BCUT2D eigenvalue weighted by Crippen LogP contribution is 2.34. The highest BCUT2D eigenvalue weighted by molar-refractivity contribution is 7.89. The zero-order valence-corrected chi connectivity index (χ0v) is 17.9. The zero-order valence-electron chi connectivity index (χ0n) is 17.0. The third kappa shape index (κ3) is 4.63. The van der Waals surface area contributed by atoms with Crippen LogP contribution in [0.3, 0.4) is 0 Å². The molecule has 0 amide bonds. The summed E-state index contributed by atoms with van der Waals surface area (Å²) in [4.78, 5) is 13.2. The molecule has 4 rings (SSSR count). The monoisotopic (exact) mass is 465 g/mol. The van der Waals surface area contributed by atoms with E-state index in [4.69, 9.17) is 0 Å². The Kier molecular flexibility index (Phi) is 6.20. The zero-order chi connectivity index (χ0) is 22.8. The van der Waals surface area contributed by atoms with E-state index in [1.807, 2.05) is 35.2 Å². The topological polar surface area (TPSA) is 82.2 Å². The fourth-order valence-electron chi connectivity index (χ4n) is 3.90. The van der Waals surface area contributed by atoms with Crippen molar-refractivity contribution in [3.63, 3.8) is 0 Å². The number of hydrogen-bond acceptors (Lipinski definition) is 5. The van der Waals surface area contributed by atoms with Crippen LogP contribution in [0.4, 0.5) is 18.9 Å². The molecule has 7 nitrogen and oxygen atoms in total. The quantitative estimate of drug-likeness (QED) is 0.603. The van der Waals surface area contributed by atoms with Gasteiger partial charge in [-0.15, -0.1) is 0 Å². The minimum absolute atomic E-state index is 0.280. The Hall–Kier alpha value is -2.92. The van der Waals surface area contributed by atoms with Crippen LogP contribution in [0, 0.1) is 0 Å². The second-order valence-corrected chi connectivity index (χ2v) is 9.52. The number of hydrogen-bond donors (Lipinski definition) is 1. The Bertz CT molecular complexity index is 1140. The van der Waals surface area contributed by atoms with E-state index < -0.39 is 28.1 Å². The maximum Gasteiger partial charge on any atom is 0.511 e. The van der Waals surface area contributed by atoms with E-state index in [2.05, 4.69) is 15.0 Å². The van der Waals surface area contributed by atoms with Crippen LogP contribution in [0.25, 0.3) is 0 Å². The van der Waals surface area contributed by atoms with Crippen LogP contribution in [0.1, 0.15) is 23.4 Å². The lowest BCUT2D eigenvalue weighted by molar-refractivity contribution is -0.0492. The fraction of sp³-hybridized carbons (Fsp3) is 0.333. The minimum atomic E-state index is -5.52. The molecule has 1 unspecified atom stereocenters. The summed E-state index contributed by atoms with van der Waals surface area (Å²) in [5.41, 5.74) is -2.71. The number of aromatic amines is 1. The van der Waals surface area contributed by atoms with Gasteiger partial charge in [-0.1, -0.05) is 30.3 Å². The number of H-pyrrole nitrogens is 1. The Morgan fingerprint density at radius 3 is 2.59 bits per heavy atom. The molecule has 0 spiro atoms. The van der Waals surface area contributed by atoms with Crippen LogP contribution in [0.2, 0.25) is 0 Å². The molecule has 32 heavy (non-hydrogen) atoms. The summed E-state index contributed by atoms with van der Waals surface area (Å²) in [7, 11) is -5.52. The van der Waals surface area contributed by atoms with Crippen molar-refractivity contribution in [2.75, 3.05) is 11.4 Å². The van der Waals surface area contributed by atoms with E-state index in [-0.39, 0.29) is 12.2 Å². The van der Waals surface area contributed by atoms with Gasteiger partial charge in [-0.3, -0.25) is 4.98 Å². The molecule has 3 heterocycles. The molecular weight excluding hydrogens is 443 g/mol. The molecule has 1 aromatic carbocycles. The van der Waals surface area contributed by atoms with Crippen molar-refractivity contribution >= 4 is 15.7 Å². The lowest BCUT2D eigenvalue weighted by atomic mass is 10.0. The normalized spacial score (nSPS) is 17.7. The number of nitrogens with one attached hydrogen (secondary N) is 1. The number of benzene rings is 1. The summed E-state index contributed by atoms with van der Waals surface area (Å²) in [5.74, 6) is 0. The second-order valence-electron chi connectivity index (χ2n) is 7.60. The van der Waals surface area contributed by atoms with Gasteiger partial charge >= 0.3 is 15.5 Å². The molecule has 0 radical (unpaired) electrons. The molecular formula is C21H22F3N5O2S. The SMILES string of the molecule is O=S(=O)(N1Cc2ncccc2N(Cc2cnc[nH]2)C(CCc2ccccc2)C1)C(F)(F)F. The molecule has 0 aliphatic carbocycles. The smallest absolute Gasteiger partial charge is 0.360 e. The van der Waals surface area contributed by atoms with E-state index in [0.29, 0.717) is 29.4 Å². The number of imidazole rings is 1. The fourth-order valence-corrected chi connectivity index (χ4v) is 4.85. The maximum absolute atomic E-state index is 13.4. The van der Waals surface area contributed by atoms with Crippen molar-refractivity contribution in [1.82, 2.24) is 19.3 Å². The number of fused-ring (bicyclic) bond motifs is 1. The van der Waals surface area contributed by atoms with Gasteiger partial charge in [-0.05, 0) is 30.5 Å². The van der Waals surface area contributed by atoms with Crippen molar-refractivity contribution < 1.29 is 21.6 Å². The van der Waals surface area contributed by atoms with Crippen LogP contribution in [0.15, 0.2) is 61.2 Å². The number of aromatic nitrogens is 3. The number of anilines is 1. The Balaban J connectivity index is 1.73. The highest BCUT2D eigenvalue weighted by atomic mass is 32.2. The predicted molar refractivity (Wildman–Crippen MR) is 113 cm³/mol. The summed E-state index contributed by atoms with van der Waals surface area (Å²) in [6, 6.07) is 12.5. The average molecular weight is 466 g/mol. The van der Waals surface area contributed by atoms with Crippen molar-refractivity contribution in [1.29, 1.82) is 0 Å². The highest BCUT2D eigenvalue weighted by Gasteiger charge is 2.51. The molecule has 11 heteroatoms. The van der Waals surface area contributed by atoms with Gasteiger partial charge in [0.2, 0.25) is 0 Å². The molecule has 1 aliphatic rings. The molecule has 0 saturated heterocycles. The van der Waals surface area contributed by atoms with Gasteiger partial charge in [0.15, 0.2) is 0 Å². The molecule has 1 atom stereocenters. The van der Waals surface area contributed by atoms with Gasteiger partial charge in [-0.25, -0.2) is 13.4 Å². The van der Waals surface area contributed by atoms with Gasteiger partial charge in [0.25, 0.3) is 0 Å². The first kappa shape index (κ1) is 22.3. The lowest BCUT2D eigenvalue weighted by Gasteiger charge is -2.33. The van der Waals surface area contributed by atoms with Gasteiger partial charge in [0.05, 0.1) is 36.5 Å². The first-order valence-corrected chi connectivity index (χ1v) is 11.5. The van der Waals surface area contributed by atoms with Crippen LogP contribution in [-0.4, -0.2) is 45.8 Å². The van der Waals surface area contributed by atoms with Gasteiger partial charge in [0, 0.05) is 25.0 Å². The van der Waals surface area contributed by atoms with Crippen LogP contribution in [0.5, 0.6) is 0 Å². The Morgan fingerprint density at radius 1 is 1.12 bits per heavy atom. The summed E-state index contributed by atoms with van der Waals surface area (Å²) in [6.07, 6.45) is 5.66. The van der Waals surface area contributed by atoms with Gasteiger partial charge in [0.1, 0.15) is 0 Å². The van der Waals surface area contributed by atoms with Gasteiger partial charge < -0.3 is 9.88 Å². The van der Waals surface area contributed by atoms with Crippen LogP contribution < -0.4 is 4.90 Å². The summed E-state index contributed by atoms with van der Waals surface area (Å²) in [6.45, 7) is -0.420. The number of aryl methyl sites for hydroxylation is 1. The van der Waals surface area contributed by atoms with Gasteiger partial charge in [-0.2, -0.15) is 17.5 Å². The molecule has 0 bridgehead atoms. The van der Waals surface area contributed by atoms with Crippen molar-refractivity contribution in [2.45, 2.75) is 37.5 Å². The molecule has 0 fully saturated rings. The molecule has 3 aromatic rings. The Morgan fingerprint density at radius 2 is 1.91 bits per heavy atom. The van der Waals surface area contributed by atoms with E-state index in [1.165, 1.54) is 12.5 Å². The van der Waals surface area contributed by atoms with E-state index >= 15 is 0 Å². The van der Waals surface area contributed by atoms with E-state index in [9.17, 15) is 21.6 Å². The molecule has 1 aliphatic heterocycles. The lowest BCUT2D eigenvalue weighted by Crippen LogP contribution is -2.47.